The number of anilines is 2. The van der Waals surface area contributed by atoms with Gasteiger partial charge in [-0.15, -0.1) is 22.7 Å². The lowest BCUT2D eigenvalue weighted by molar-refractivity contribution is -0.133. The van der Waals surface area contributed by atoms with Crippen LogP contribution in [0.25, 0.3) is 0 Å². The molecule has 71 heavy (non-hydrogen) atoms. The predicted molar refractivity (Wildman–Crippen MR) is 276 cm³/mol. The number of carbonyl (C=O) groups is 6. The molecule has 1 N–H and O–H groups in total. The molecule has 2 aromatic rings. The van der Waals surface area contributed by atoms with Gasteiger partial charge in [0, 0.05) is 49.0 Å². The average molecular weight is 1020 g/mol. The van der Waals surface area contributed by atoms with Crippen LogP contribution in [-0.2, 0) is 33.4 Å². The summed E-state index contributed by atoms with van der Waals surface area (Å²) in [5.41, 5.74) is 0.311. The molecule has 2 aromatic heterocycles. The maximum Gasteiger partial charge on any atom is 0.350 e. The zero-order valence-electron chi connectivity index (χ0n) is 43.2. The summed E-state index contributed by atoms with van der Waals surface area (Å²) >= 11 is 2.30. The number of carboxylic acids is 1. The number of thiophene rings is 2. The molecule has 14 nitrogen and oxygen atoms in total. The summed E-state index contributed by atoms with van der Waals surface area (Å²) in [6.45, 7) is 19.9. The molecule has 6 aliphatic rings. The first kappa shape index (κ1) is 54.0. The van der Waals surface area contributed by atoms with Crippen LogP contribution in [-0.4, -0.2) is 121 Å². The zero-order valence-corrected chi connectivity index (χ0v) is 44.9. The molecule has 2 aliphatic carbocycles. The number of carboxylic acid groups (broad SMARTS) is 1. The van der Waals surface area contributed by atoms with Gasteiger partial charge in [-0.05, 0) is 143 Å². The molecule has 16 heteroatoms. The molecular formula is C55H74N4O10S2. The molecule has 0 aromatic carbocycles. The van der Waals surface area contributed by atoms with Crippen molar-refractivity contribution in [2.24, 2.45) is 34.5 Å². The quantitative estimate of drug-likeness (QED) is 0.180. The number of nitrogens with zero attached hydrogens (tertiary/aromatic N) is 4. The molecule has 6 fully saturated rings. The van der Waals surface area contributed by atoms with E-state index in [1.807, 2.05) is 51.3 Å². The fourth-order valence-electron chi connectivity index (χ4n) is 10.5. The molecule has 0 unspecified atom stereocenters. The van der Waals surface area contributed by atoms with Crippen molar-refractivity contribution in [1.82, 2.24) is 9.80 Å². The second-order valence-corrected chi connectivity index (χ2v) is 24.6. The molecule has 0 radical (unpaired) electrons. The number of rotatable bonds is 10. The second-order valence-electron chi connectivity index (χ2n) is 22.5. The van der Waals surface area contributed by atoms with Crippen LogP contribution in [0, 0.1) is 58.2 Å². The van der Waals surface area contributed by atoms with Crippen LogP contribution in [0.15, 0.2) is 12.1 Å². The Morgan fingerprint density at radius 2 is 1.03 bits per heavy atom. The normalized spacial score (nSPS) is 26.7. The lowest BCUT2D eigenvalue weighted by Crippen LogP contribution is -2.50. The largest absolute Gasteiger partial charge is 0.477 e. The second kappa shape index (κ2) is 23.0. The Balaban J connectivity index is 0.000000209. The third-order valence-electron chi connectivity index (χ3n) is 14.6. The first-order valence-corrected chi connectivity index (χ1v) is 27.4. The van der Waals surface area contributed by atoms with Crippen LogP contribution >= 0.6 is 22.7 Å². The predicted octanol–water partition coefficient (Wildman–Crippen LogP) is 8.87. The maximum atomic E-state index is 14.1. The van der Waals surface area contributed by atoms with E-state index in [2.05, 4.69) is 37.5 Å². The van der Waals surface area contributed by atoms with Crippen LogP contribution in [0.5, 0.6) is 0 Å². The fourth-order valence-corrected chi connectivity index (χ4v) is 12.3. The molecule has 8 rings (SSSR count). The van der Waals surface area contributed by atoms with Crippen molar-refractivity contribution < 1.29 is 48.1 Å². The number of methoxy groups -OCH3 is 1. The Bertz CT molecular complexity index is 2410. The van der Waals surface area contributed by atoms with Gasteiger partial charge < -0.3 is 29.1 Å². The summed E-state index contributed by atoms with van der Waals surface area (Å²) in [7, 11) is 1.34. The molecule has 4 amide bonds. The van der Waals surface area contributed by atoms with E-state index in [0.29, 0.717) is 90.2 Å². The van der Waals surface area contributed by atoms with E-state index >= 15 is 0 Å². The Labute approximate surface area is 428 Å². The van der Waals surface area contributed by atoms with Crippen LogP contribution in [0.1, 0.15) is 162 Å². The lowest BCUT2D eigenvalue weighted by atomic mass is 9.82. The Kier molecular flexibility index (Phi) is 17.5. The van der Waals surface area contributed by atoms with Crippen molar-refractivity contribution in [3.05, 3.63) is 31.6 Å². The summed E-state index contributed by atoms with van der Waals surface area (Å²) < 4.78 is 16.1. The number of aromatic carboxylic acids is 1. The molecule has 6 heterocycles. The van der Waals surface area contributed by atoms with Crippen molar-refractivity contribution in [1.29, 1.82) is 0 Å². The first-order chi connectivity index (χ1) is 33.6. The molecule has 386 valence electrons. The smallest absolute Gasteiger partial charge is 0.350 e. The van der Waals surface area contributed by atoms with Gasteiger partial charge >= 0.3 is 11.9 Å². The topological polar surface area (TPSA) is 163 Å². The van der Waals surface area contributed by atoms with Gasteiger partial charge in [0.05, 0.1) is 53.5 Å². The van der Waals surface area contributed by atoms with Gasteiger partial charge in [-0.2, -0.15) is 0 Å². The lowest BCUT2D eigenvalue weighted by Gasteiger charge is -2.34. The summed E-state index contributed by atoms with van der Waals surface area (Å²) in [6, 6.07) is 2.23. The summed E-state index contributed by atoms with van der Waals surface area (Å²) in [5, 5.41) is 10.0. The molecule has 0 spiro atoms. The first-order valence-electron chi connectivity index (χ1n) is 25.7. The van der Waals surface area contributed by atoms with Crippen molar-refractivity contribution in [2.75, 3.05) is 56.4 Å². The highest BCUT2D eigenvalue weighted by Gasteiger charge is 2.47. The van der Waals surface area contributed by atoms with Gasteiger partial charge in [-0.1, -0.05) is 37.5 Å². The number of ether oxygens (including phenoxy) is 3. The standard InChI is InChI=1S/C28H38N2O5S.C27H36N2O5S/c1-18-6-8-19(9-7-18)25(31)30(22-11-14-29(26(22)32)20-12-15-35-17-20)23-16-21(10-13-28(2,3)4)36-24(23)27(33)34-5;1-17-5-7-18(8-6-17)24(30)29(21-10-13-28(25(21)31)19-11-14-34-16-19)22-15-20(9-12-27(2,3)4)35-23(22)26(32)33/h16,18-20,22H,6-9,11-12,14-15,17H2,1-5H3;15,17-19,21H,5-8,10-11,13-14,16H2,1-4H3,(H,32,33)/t18?,19?,20-,22-;17?,18?,19-,21-/m00/s1. The Morgan fingerprint density at radius 3 is 1.38 bits per heavy atom. The van der Waals surface area contributed by atoms with Gasteiger partial charge in [-0.25, -0.2) is 9.59 Å². The van der Waals surface area contributed by atoms with Crippen LogP contribution < -0.4 is 9.80 Å². The van der Waals surface area contributed by atoms with Crippen LogP contribution in [0.2, 0.25) is 0 Å². The van der Waals surface area contributed by atoms with E-state index in [4.69, 9.17) is 14.2 Å². The highest BCUT2D eigenvalue weighted by molar-refractivity contribution is 7.15. The summed E-state index contributed by atoms with van der Waals surface area (Å²) in [4.78, 5) is 89.0. The number of esters is 1. The minimum atomic E-state index is -1.10. The van der Waals surface area contributed by atoms with E-state index in [1.54, 1.807) is 17.0 Å². The third-order valence-corrected chi connectivity index (χ3v) is 16.6. The number of carbonyl (C=O) groups excluding carboxylic acids is 5. The molecular weight excluding hydrogens is 941 g/mol. The average Bonchev–Trinajstić information content (AvgIpc) is 4.20. The number of likely N-dealkylation sites (tertiary alicyclic amines) is 2. The van der Waals surface area contributed by atoms with Crippen molar-refractivity contribution >= 4 is 69.6 Å². The number of hydrogen-bond donors (Lipinski definition) is 1. The van der Waals surface area contributed by atoms with Gasteiger partial charge in [-0.3, -0.25) is 29.0 Å². The van der Waals surface area contributed by atoms with Crippen molar-refractivity contribution in [2.45, 2.75) is 157 Å². The SMILES string of the molecule is CC1CCC(C(=O)N(c2cc(C#CC(C)(C)C)sc2C(=O)O)[C@H]2CCN([C@H]3CCOC3)C2=O)CC1.COC(=O)c1sc(C#CC(C)(C)C)cc1N(C(=O)C1CCC(C)CC1)[C@H]1CCN([C@H]2CCOC2)C1=O. The Morgan fingerprint density at radius 1 is 0.634 bits per heavy atom. The van der Waals surface area contributed by atoms with Crippen LogP contribution in [0.4, 0.5) is 11.4 Å². The highest BCUT2D eigenvalue weighted by Crippen LogP contribution is 2.41. The maximum absolute atomic E-state index is 14.1. The molecule has 4 atom stereocenters. The van der Waals surface area contributed by atoms with E-state index < -0.39 is 24.0 Å². The summed E-state index contributed by atoms with van der Waals surface area (Å²) in [5.74, 6) is 11.5. The summed E-state index contributed by atoms with van der Waals surface area (Å²) in [6.07, 6.45) is 9.65. The third kappa shape index (κ3) is 13.1. The monoisotopic (exact) mass is 1010 g/mol. The Hall–Kier alpha value is -4.74. The van der Waals surface area contributed by atoms with E-state index in [9.17, 15) is 33.9 Å². The zero-order chi connectivity index (χ0) is 51.4. The van der Waals surface area contributed by atoms with Gasteiger partial charge in [0.1, 0.15) is 21.8 Å². The van der Waals surface area contributed by atoms with Crippen molar-refractivity contribution in [3.8, 4) is 23.7 Å². The molecule has 4 saturated heterocycles. The number of amides is 4. The minimum absolute atomic E-state index is 0.0228. The molecule has 0 bridgehead atoms. The fraction of sp³-hybridized carbons (Fsp3) is 0.673. The molecule has 4 aliphatic heterocycles. The molecule has 2 saturated carbocycles. The van der Waals surface area contributed by atoms with E-state index in [-0.39, 0.29) is 63.3 Å². The van der Waals surface area contributed by atoms with Gasteiger partial charge in [0.25, 0.3) is 0 Å². The van der Waals surface area contributed by atoms with E-state index in [0.717, 1.165) is 75.5 Å². The van der Waals surface area contributed by atoms with Gasteiger partial charge in [0.15, 0.2) is 0 Å². The minimum Gasteiger partial charge on any atom is -0.477 e. The van der Waals surface area contributed by atoms with E-state index in [1.165, 1.54) is 23.3 Å². The number of hydrogen-bond acceptors (Lipinski definition) is 11. The van der Waals surface area contributed by atoms with Crippen LogP contribution in [0.3, 0.4) is 0 Å². The van der Waals surface area contributed by atoms with Gasteiger partial charge in [0.2, 0.25) is 23.6 Å². The highest BCUT2D eigenvalue weighted by atomic mass is 32.1. The van der Waals surface area contributed by atoms with Crippen molar-refractivity contribution in [3.63, 3.8) is 0 Å².